The van der Waals surface area contributed by atoms with Crippen molar-refractivity contribution in [2.75, 3.05) is 14.1 Å². The van der Waals surface area contributed by atoms with Gasteiger partial charge in [0.1, 0.15) is 0 Å². The summed E-state index contributed by atoms with van der Waals surface area (Å²) in [7, 11) is 4.85. The highest BCUT2D eigenvalue weighted by Gasteiger charge is 2.55. The summed E-state index contributed by atoms with van der Waals surface area (Å²) in [5.41, 5.74) is 1.45. The van der Waals surface area contributed by atoms with Crippen LogP contribution >= 0.6 is 0 Å². The Bertz CT molecular complexity index is 1270. The van der Waals surface area contributed by atoms with Gasteiger partial charge in [-0.2, -0.15) is 0 Å². The van der Waals surface area contributed by atoms with Gasteiger partial charge in [-0.3, -0.25) is 9.80 Å². The number of carbonyl (C=O) groups excluding carboxylic acids is 2. The van der Waals surface area contributed by atoms with Crippen molar-refractivity contribution in [2.45, 2.75) is 285 Å². The Hall–Kier alpha value is -2.40. The number of piperidine rings is 2. The molecule has 2 rings (SSSR count). The minimum Gasteiger partial charge on any atom is -0.449 e. The predicted octanol–water partition coefficient (Wildman–Crippen LogP) is 16.8. The van der Waals surface area contributed by atoms with E-state index in [1.54, 1.807) is 0 Å². The molecule has 0 aromatic rings. The maximum absolute atomic E-state index is 10.1. The second-order valence-corrected chi connectivity index (χ2v) is 22.8. The van der Waals surface area contributed by atoms with Crippen LogP contribution in [0.25, 0.3) is 0 Å². The molecule has 0 saturated carbocycles. The van der Waals surface area contributed by atoms with Gasteiger partial charge in [0.25, 0.3) is 0 Å². The molecule has 1 unspecified atom stereocenters. The van der Waals surface area contributed by atoms with Crippen LogP contribution in [0.4, 0.5) is 19.2 Å². The summed E-state index contributed by atoms with van der Waals surface area (Å²) in [5.74, 6) is 2.46. The molecule has 382 valence electrons. The van der Waals surface area contributed by atoms with E-state index in [0.29, 0.717) is 5.41 Å². The van der Waals surface area contributed by atoms with E-state index < -0.39 is 24.6 Å². The molecule has 0 spiro atoms. The lowest BCUT2D eigenvalue weighted by Crippen LogP contribution is -2.63. The Morgan fingerprint density at radius 2 is 0.754 bits per heavy atom. The fourth-order valence-corrected chi connectivity index (χ4v) is 12.4. The molecule has 2 N–H and O–H groups in total. The van der Waals surface area contributed by atoms with Crippen molar-refractivity contribution >= 4 is 24.6 Å². The lowest BCUT2D eigenvalue weighted by molar-refractivity contribution is -0.122. The number of carboxylic acid groups (broad SMARTS) is 2. The van der Waals surface area contributed by atoms with Gasteiger partial charge in [0.2, 0.25) is 0 Å². The molecule has 2 aliphatic heterocycles. The van der Waals surface area contributed by atoms with Crippen LogP contribution in [0.5, 0.6) is 0 Å². The number of rotatable bonds is 28. The minimum absolute atomic E-state index is 0.246. The molecule has 2 fully saturated rings. The molecule has 0 radical (unpaired) electrons. The first kappa shape index (κ1) is 60.6. The largest absolute Gasteiger partial charge is 0.528 e. The maximum atomic E-state index is 10.1. The van der Waals surface area contributed by atoms with E-state index in [-0.39, 0.29) is 22.2 Å². The zero-order valence-corrected chi connectivity index (χ0v) is 44.4. The first-order valence-corrected chi connectivity index (χ1v) is 26.5. The third-order valence-corrected chi connectivity index (χ3v) is 16.2. The number of nitrogens with zero attached hydrogens (tertiary/aromatic N) is 2. The fraction of sp³-hybridized carbons (Fsp3) is 0.926. The molecule has 2 aliphatic rings. The average molecular weight is 923 g/mol. The second-order valence-electron chi connectivity index (χ2n) is 22.8. The first-order valence-electron chi connectivity index (χ1n) is 26.5. The summed E-state index contributed by atoms with van der Waals surface area (Å²) in [6.07, 6.45) is 33.8. The van der Waals surface area contributed by atoms with Crippen molar-refractivity contribution in [3.63, 3.8) is 0 Å². The summed E-state index contributed by atoms with van der Waals surface area (Å²) >= 11 is 0. The summed E-state index contributed by atoms with van der Waals surface area (Å²) < 4.78 is 9.92. The van der Waals surface area contributed by atoms with Crippen LogP contribution in [0.2, 0.25) is 0 Å². The first-order chi connectivity index (χ1) is 30.4. The van der Waals surface area contributed by atoms with E-state index in [2.05, 4.69) is 114 Å². The number of carbonyl (C=O) groups is 4. The molecular formula is C54H102N2O9. The smallest absolute Gasteiger partial charge is 0.449 e. The van der Waals surface area contributed by atoms with Gasteiger partial charge < -0.3 is 24.4 Å². The number of unbranched alkanes of at least 4 members (excludes halogenated alkanes) is 20. The molecule has 11 heteroatoms. The summed E-state index contributed by atoms with van der Waals surface area (Å²) in [4.78, 5) is 45.0. The van der Waals surface area contributed by atoms with Gasteiger partial charge in [-0.25, -0.2) is 19.2 Å². The predicted molar refractivity (Wildman–Crippen MR) is 266 cm³/mol. The van der Waals surface area contributed by atoms with E-state index in [1.807, 2.05) is 0 Å². The topological polar surface area (TPSA) is 143 Å². The minimum atomic E-state index is -2.01. The van der Waals surface area contributed by atoms with Crippen LogP contribution in [0.1, 0.15) is 262 Å². The van der Waals surface area contributed by atoms with Gasteiger partial charge in [-0.1, -0.05) is 168 Å². The van der Waals surface area contributed by atoms with E-state index in [1.165, 1.54) is 186 Å². The highest BCUT2D eigenvalue weighted by Crippen LogP contribution is 2.60. The summed E-state index contributed by atoms with van der Waals surface area (Å²) in [5, 5.41) is 15.6. The van der Waals surface area contributed by atoms with Crippen molar-refractivity contribution in [2.24, 2.45) is 23.2 Å². The van der Waals surface area contributed by atoms with Crippen molar-refractivity contribution in [1.82, 2.24) is 9.80 Å². The van der Waals surface area contributed by atoms with E-state index in [9.17, 15) is 19.2 Å². The molecule has 65 heavy (non-hydrogen) atoms. The molecule has 0 amide bonds. The number of ether oxygens (including phenoxy) is 3. The zero-order valence-electron chi connectivity index (χ0n) is 44.4. The van der Waals surface area contributed by atoms with Gasteiger partial charge >= 0.3 is 24.6 Å². The summed E-state index contributed by atoms with van der Waals surface area (Å²) in [6, 6.07) is 0. The van der Waals surface area contributed by atoms with Crippen molar-refractivity contribution < 1.29 is 43.6 Å². The Balaban J connectivity index is 0.00000140. The van der Waals surface area contributed by atoms with Crippen LogP contribution in [-0.2, 0) is 14.2 Å². The molecule has 0 aromatic heterocycles. The van der Waals surface area contributed by atoms with Gasteiger partial charge in [0.05, 0.1) is 0 Å². The van der Waals surface area contributed by atoms with Crippen LogP contribution in [0.3, 0.4) is 0 Å². The molecule has 0 aromatic carbocycles. The fourth-order valence-electron chi connectivity index (χ4n) is 12.4. The van der Waals surface area contributed by atoms with Gasteiger partial charge in [-0.15, -0.1) is 0 Å². The molecule has 0 bridgehead atoms. The van der Waals surface area contributed by atoms with E-state index >= 15 is 0 Å². The highest BCUT2D eigenvalue weighted by molar-refractivity contribution is 5.86. The van der Waals surface area contributed by atoms with Crippen LogP contribution in [0, 0.1) is 23.2 Å². The Morgan fingerprint density at radius 1 is 0.477 bits per heavy atom. The van der Waals surface area contributed by atoms with Crippen molar-refractivity contribution in [3.05, 3.63) is 0 Å². The van der Waals surface area contributed by atoms with Crippen molar-refractivity contribution in [1.29, 1.82) is 0 Å². The SMILES string of the molecule is CCCCCCCCCCCCCC(CCCCCCCCCCCCC)(C1CC(C)(C)N(C)C(C)(C)C1)C(CC)C1CC(C)(C)N(C)C(C)(C)C1.O=C(O)OC(=O)OC(=O)OC(=O)O. The third-order valence-electron chi connectivity index (χ3n) is 16.2. The second kappa shape index (κ2) is 30.2. The maximum Gasteiger partial charge on any atom is 0.528 e. The Kier molecular flexibility index (Phi) is 28.1. The normalized spacial score (nSPS) is 19.2. The Labute approximate surface area is 398 Å². The van der Waals surface area contributed by atoms with E-state index in [4.69, 9.17) is 10.2 Å². The quantitative estimate of drug-likeness (QED) is 0.0440. The van der Waals surface area contributed by atoms with Gasteiger partial charge in [0, 0.05) is 22.2 Å². The lowest BCUT2D eigenvalue weighted by Gasteiger charge is -2.62. The molecule has 2 heterocycles. The lowest BCUT2D eigenvalue weighted by atomic mass is 9.50. The number of hydrogen-bond donors (Lipinski definition) is 2. The van der Waals surface area contributed by atoms with Crippen LogP contribution in [-0.4, -0.2) is 80.9 Å². The average Bonchev–Trinajstić information content (AvgIpc) is 3.19. The van der Waals surface area contributed by atoms with Gasteiger partial charge in [-0.05, 0) is 131 Å². The number of likely N-dealkylation sites (tertiary alicyclic amines) is 2. The molecule has 11 nitrogen and oxygen atoms in total. The highest BCUT2D eigenvalue weighted by atomic mass is 16.9. The molecule has 0 aliphatic carbocycles. The van der Waals surface area contributed by atoms with Crippen molar-refractivity contribution in [3.8, 4) is 0 Å². The van der Waals surface area contributed by atoms with Gasteiger partial charge in [0.15, 0.2) is 0 Å². The molecule has 2 saturated heterocycles. The number of hydrogen-bond acceptors (Lipinski definition) is 9. The monoisotopic (exact) mass is 923 g/mol. The third kappa shape index (κ3) is 22.1. The summed E-state index contributed by atoms with van der Waals surface area (Å²) in [6.45, 7) is 27.9. The molecule has 1 atom stereocenters. The zero-order chi connectivity index (χ0) is 49.3. The molecular weight excluding hydrogens is 821 g/mol. The van der Waals surface area contributed by atoms with E-state index in [0.717, 1.165) is 17.8 Å². The standard InChI is InChI=1S/C50H100N2.C4H2O9/c1-14-17-19-21-23-25-27-29-31-33-35-37-50(44-41-48(8,9)52(13)49(10,11)42-44,38-36-34-32-30-28-26-24-22-20-18-15-2)45(16-3)43-39-46(4,5)51(12)47(6,7)40-43;5-1(6)11-3(9)13-4(10)12-2(7)8/h43-45H,14-42H2,1-13H3;(H,5,6)(H,7,8). The van der Waals surface area contributed by atoms with Crippen LogP contribution in [0.15, 0.2) is 0 Å². The van der Waals surface area contributed by atoms with Crippen LogP contribution < -0.4 is 0 Å². The Morgan fingerprint density at radius 3 is 1.03 bits per heavy atom.